The van der Waals surface area contributed by atoms with Gasteiger partial charge in [-0.25, -0.2) is 0 Å². The predicted molar refractivity (Wildman–Crippen MR) is 78.5 cm³/mol. The summed E-state index contributed by atoms with van der Waals surface area (Å²) in [7, 11) is 3.52. The molecule has 2 aliphatic rings. The van der Waals surface area contributed by atoms with Gasteiger partial charge >= 0.3 is 0 Å². The van der Waals surface area contributed by atoms with Gasteiger partial charge in [-0.2, -0.15) is 0 Å². The number of ether oxygens (including phenoxy) is 2. The Morgan fingerprint density at radius 3 is 2.44 bits per heavy atom. The van der Waals surface area contributed by atoms with Crippen LogP contribution in [0.3, 0.4) is 0 Å². The molecule has 1 aromatic carbocycles. The maximum Gasteiger partial charge on any atom is 0.140 e. The first-order chi connectivity index (χ1) is 8.79. The predicted octanol–water partition coefficient (Wildman–Crippen LogP) is 3.68. The van der Waals surface area contributed by atoms with Crippen molar-refractivity contribution in [2.24, 2.45) is 0 Å². The molecule has 2 atom stereocenters. The van der Waals surface area contributed by atoms with Crippen LogP contribution >= 0.6 is 23.5 Å². The van der Waals surface area contributed by atoms with Crippen LogP contribution in [0.25, 0.3) is 6.08 Å². The highest BCUT2D eigenvalue weighted by Gasteiger charge is 2.49. The van der Waals surface area contributed by atoms with Crippen LogP contribution in [0.5, 0.6) is 0 Å². The molecule has 1 aliphatic carbocycles. The third-order valence-corrected chi connectivity index (χ3v) is 6.98. The van der Waals surface area contributed by atoms with Crippen LogP contribution in [0.2, 0.25) is 0 Å². The fourth-order valence-electron chi connectivity index (χ4n) is 2.50. The molecule has 2 nitrogen and oxygen atoms in total. The minimum atomic E-state index is 0.0483. The number of benzene rings is 1. The minimum Gasteiger partial charge on any atom is -0.367 e. The Morgan fingerprint density at radius 2 is 1.78 bits per heavy atom. The zero-order valence-electron chi connectivity index (χ0n) is 10.5. The van der Waals surface area contributed by atoms with Crippen LogP contribution in [0.15, 0.2) is 30.3 Å². The maximum atomic E-state index is 5.55. The topological polar surface area (TPSA) is 18.5 Å². The monoisotopic (exact) mass is 280 g/mol. The van der Waals surface area contributed by atoms with Gasteiger partial charge in [0.15, 0.2) is 0 Å². The summed E-state index contributed by atoms with van der Waals surface area (Å²) in [4.78, 5) is 0. The summed E-state index contributed by atoms with van der Waals surface area (Å²) in [5.74, 6) is 0. The van der Waals surface area contributed by atoms with Gasteiger partial charge in [0.2, 0.25) is 0 Å². The first-order valence-corrected chi connectivity index (χ1v) is 7.72. The number of hydrogen-bond acceptors (Lipinski definition) is 4. The molecule has 1 spiro atoms. The number of thioether (sulfide) groups is 2. The highest BCUT2D eigenvalue weighted by Crippen LogP contribution is 2.62. The van der Waals surface area contributed by atoms with Crippen molar-refractivity contribution >= 4 is 29.6 Å². The lowest BCUT2D eigenvalue weighted by atomic mass is 9.96. The third-order valence-electron chi connectivity index (χ3n) is 3.36. The van der Waals surface area contributed by atoms with Gasteiger partial charge in [0, 0.05) is 14.2 Å². The molecule has 1 aliphatic heterocycles. The molecule has 0 amide bonds. The zero-order valence-corrected chi connectivity index (χ0v) is 12.1. The number of fused-ring (bicyclic) bond motifs is 2. The van der Waals surface area contributed by atoms with Crippen molar-refractivity contribution in [2.75, 3.05) is 14.2 Å². The first kappa shape index (κ1) is 12.6. The molecular weight excluding hydrogens is 264 g/mol. The van der Waals surface area contributed by atoms with Crippen molar-refractivity contribution in [3.05, 3.63) is 41.5 Å². The van der Waals surface area contributed by atoms with Crippen molar-refractivity contribution in [2.45, 2.75) is 21.4 Å². The van der Waals surface area contributed by atoms with E-state index in [2.05, 4.69) is 36.4 Å². The highest BCUT2D eigenvalue weighted by molar-refractivity contribution is 8.21. The van der Waals surface area contributed by atoms with Gasteiger partial charge in [0.1, 0.15) is 10.9 Å². The van der Waals surface area contributed by atoms with Crippen molar-refractivity contribution in [1.82, 2.24) is 0 Å². The Hall–Kier alpha value is -0.420. The molecule has 0 N–H and O–H groups in total. The van der Waals surface area contributed by atoms with E-state index in [9.17, 15) is 0 Å². The Labute approximate surface area is 116 Å². The Kier molecular flexibility index (Phi) is 3.45. The van der Waals surface area contributed by atoms with Gasteiger partial charge in [0.25, 0.3) is 0 Å². The van der Waals surface area contributed by atoms with E-state index in [4.69, 9.17) is 9.47 Å². The van der Waals surface area contributed by atoms with E-state index in [1.54, 1.807) is 14.2 Å². The smallest absolute Gasteiger partial charge is 0.140 e. The second-order valence-electron chi connectivity index (χ2n) is 4.39. The molecule has 1 saturated heterocycles. The van der Waals surface area contributed by atoms with Crippen LogP contribution in [0.1, 0.15) is 17.5 Å². The van der Waals surface area contributed by atoms with E-state index < -0.39 is 0 Å². The SMILES string of the molecule is COC1SC2(CC=Cc3ccccc32)SC1OC. The fraction of sp³-hybridized carbons (Fsp3) is 0.429. The van der Waals surface area contributed by atoms with Crippen molar-refractivity contribution in [3.8, 4) is 0 Å². The number of hydrogen-bond donors (Lipinski definition) is 0. The van der Waals surface area contributed by atoms with Crippen LogP contribution < -0.4 is 0 Å². The largest absolute Gasteiger partial charge is 0.367 e. The molecule has 0 radical (unpaired) electrons. The van der Waals surface area contributed by atoms with Gasteiger partial charge in [-0.15, -0.1) is 23.5 Å². The Bertz CT molecular complexity index is 461. The van der Waals surface area contributed by atoms with Crippen LogP contribution in [0.4, 0.5) is 0 Å². The molecule has 18 heavy (non-hydrogen) atoms. The molecule has 1 aromatic rings. The zero-order chi connectivity index (χ0) is 12.6. The molecule has 4 heteroatoms. The molecule has 3 rings (SSSR count). The van der Waals surface area contributed by atoms with Crippen molar-refractivity contribution in [3.63, 3.8) is 0 Å². The highest BCUT2D eigenvalue weighted by atomic mass is 32.2. The quantitative estimate of drug-likeness (QED) is 0.822. The average Bonchev–Trinajstić information content (AvgIpc) is 2.78. The Balaban J connectivity index is 2.00. The van der Waals surface area contributed by atoms with Crippen molar-refractivity contribution < 1.29 is 9.47 Å². The maximum absolute atomic E-state index is 5.55. The average molecular weight is 280 g/mol. The Morgan fingerprint density at radius 1 is 1.11 bits per heavy atom. The molecule has 96 valence electrons. The van der Waals surface area contributed by atoms with Gasteiger partial charge in [-0.1, -0.05) is 36.4 Å². The van der Waals surface area contributed by atoms with Crippen LogP contribution in [0, 0.1) is 0 Å². The fourth-order valence-corrected chi connectivity index (χ4v) is 6.02. The summed E-state index contributed by atoms with van der Waals surface area (Å²) in [5, 5.41) is 0. The van der Waals surface area contributed by atoms with E-state index in [-0.39, 0.29) is 15.0 Å². The molecular formula is C14H16O2S2. The lowest BCUT2D eigenvalue weighted by Crippen LogP contribution is -2.18. The second-order valence-corrected chi connectivity index (χ2v) is 7.44. The van der Waals surface area contributed by atoms with Crippen molar-refractivity contribution in [1.29, 1.82) is 0 Å². The van der Waals surface area contributed by atoms with E-state index in [0.717, 1.165) is 6.42 Å². The number of allylic oxidation sites excluding steroid dienone is 1. The van der Waals surface area contributed by atoms with Crippen LogP contribution in [-0.2, 0) is 13.6 Å². The van der Waals surface area contributed by atoms with E-state index in [0.29, 0.717) is 0 Å². The minimum absolute atomic E-state index is 0.0483. The van der Waals surface area contributed by atoms with Crippen LogP contribution in [-0.4, -0.2) is 25.1 Å². The van der Waals surface area contributed by atoms with E-state index >= 15 is 0 Å². The molecule has 1 heterocycles. The summed E-state index contributed by atoms with van der Waals surface area (Å²) < 4.78 is 11.1. The van der Waals surface area contributed by atoms with Gasteiger partial charge in [0.05, 0.1) is 4.08 Å². The van der Waals surface area contributed by atoms with Gasteiger partial charge in [-0.3, -0.25) is 0 Å². The van der Waals surface area contributed by atoms with Gasteiger partial charge < -0.3 is 9.47 Å². The molecule has 0 aromatic heterocycles. The summed E-state index contributed by atoms with van der Waals surface area (Å²) in [5.41, 5.74) is 2.90. The first-order valence-electron chi connectivity index (χ1n) is 5.96. The lowest BCUT2D eigenvalue weighted by Gasteiger charge is -2.31. The lowest BCUT2D eigenvalue weighted by molar-refractivity contribution is 0.0629. The summed E-state index contributed by atoms with van der Waals surface area (Å²) in [6.07, 6.45) is 5.50. The normalized spacial score (nSPS) is 33.9. The summed E-state index contributed by atoms with van der Waals surface area (Å²) >= 11 is 3.75. The van der Waals surface area contributed by atoms with E-state index in [1.807, 2.05) is 23.5 Å². The summed E-state index contributed by atoms with van der Waals surface area (Å²) in [6, 6.07) is 8.61. The number of rotatable bonds is 2. The van der Waals surface area contributed by atoms with E-state index in [1.165, 1.54) is 11.1 Å². The van der Waals surface area contributed by atoms with Gasteiger partial charge in [-0.05, 0) is 17.5 Å². The summed E-state index contributed by atoms with van der Waals surface area (Å²) in [6.45, 7) is 0. The molecule has 0 bridgehead atoms. The molecule has 0 saturated carbocycles. The third kappa shape index (κ3) is 1.92. The number of methoxy groups -OCH3 is 2. The standard InChI is InChI=1S/C14H16O2S2/c1-15-12-13(16-2)18-14(17-12)9-5-7-10-6-3-4-8-11(10)14/h3-8,12-13H,9H2,1-2H3. The molecule has 2 unspecified atom stereocenters. The second kappa shape index (κ2) is 4.93. The molecule has 1 fully saturated rings.